The van der Waals surface area contributed by atoms with Gasteiger partial charge in [-0.15, -0.1) is 0 Å². The zero-order valence-corrected chi connectivity index (χ0v) is 38.1. The molecule has 12 heteroatoms. The number of rotatable bonds is 4. The molecule has 4 aromatic carbocycles. The van der Waals surface area contributed by atoms with Crippen LogP contribution in [-0.2, 0) is 9.59 Å². The van der Waals surface area contributed by atoms with Gasteiger partial charge >= 0.3 is 0 Å². The van der Waals surface area contributed by atoms with Crippen LogP contribution in [0.3, 0.4) is 0 Å². The summed E-state index contributed by atoms with van der Waals surface area (Å²) >= 11 is 0. The molecule has 4 aromatic rings. The summed E-state index contributed by atoms with van der Waals surface area (Å²) in [5.41, 5.74) is 2.47. The normalized spacial score (nSPS) is 23.7. The molecule has 6 rings (SSSR count). The summed E-state index contributed by atoms with van der Waals surface area (Å²) in [6.07, 6.45) is 10.2. The van der Waals surface area contributed by atoms with Crippen molar-refractivity contribution in [2.75, 3.05) is 14.1 Å². The van der Waals surface area contributed by atoms with Crippen LogP contribution >= 0.6 is 0 Å². The maximum Gasteiger partial charge on any atom is 0.258 e. The Morgan fingerprint density at radius 1 is 0.516 bits per heavy atom. The second kappa shape index (κ2) is 22.9. The van der Waals surface area contributed by atoms with E-state index in [1.165, 1.54) is 34.1 Å². The highest BCUT2D eigenvalue weighted by atomic mass is 19.1. The van der Waals surface area contributed by atoms with E-state index in [-0.39, 0.29) is 71.4 Å². The zero-order chi connectivity index (χ0) is 46.5. The Bertz CT molecular complexity index is 2100. The van der Waals surface area contributed by atoms with Gasteiger partial charge in [-0.3, -0.25) is 19.2 Å². The lowest BCUT2D eigenvalue weighted by molar-refractivity contribution is -0.128. The minimum atomic E-state index is -0.678. The van der Waals surface area contributed by atoms with Gasteiger partial charge < -0.3 is 29.9 Å². The van der Waals surface area contributed by atoms with Crippen LogP contribution in [0.5, 0.6) is 11.5 Å². The van der Waals surface area contributed by atoms with Crippen molar-refractivity contribution in [2.24, 2.45) is 11.8 Å². The number of nitrogens with zero attached hydrogens (tertiary/aromatic N) is 2. The molecule has 340 valence electrons. The first-order chi connectivity index (χ1) is 30.5. The van der Waals surface area contributed by atoms with Crippen LogP contribution in [0.25, 0.3) is 0 Å². The van der Waals surface area contributed by atoms with E-state index >= 15 is 0 Å². The number of hydrogen-bond donors (Lipinski definition) is 2. The molecule has 10 nitrogen and oxygen atoms in total. The molecule has 2 heterocycles. The van der Waals surface area contributed by atoms with Gasteiger partial charge in [0.15, 0.2) is 0 Å². The first kappa shape index (κ1) is 48.7. The predicted octanol–water partition coefficient (Wildman–Crippen LogP) is 9.79. The van der Waals surface area contributed by atoms with Crippen LogP contribution in [0, 0.1) is 23.5 Å². The van der Waals surface area contributed by atoms with Gasteiger partial charge in [0.1, 0.15) is 35.2 Å². The SMILES string of the molecule is CC(C)[C@@H]1C(=O)N[C@H](c2ccc(F)cc2)C/C=C/C[C@H](C)Oc2ccccc2C(=O)N1C.CC(C)[C@@H]1C(=O)N[C@H](c2ccc(F)cc2)C/C=C\C[C@H](C)Oc2ccccc2C(=O)N1C. The number of benzene rings is 4. The molecule has 0 aliphatic carbocycles. The summed E-state index contributed by atoms with van der Waals surface area (Å²) in [6.45, 7) is 11.6. The fraction of sp³-hybridized carbons (Fsp3) is 0.385. The second-order valence-electron chi connectivity index (χ2n) is 17.2. The molecule has 0 unspecified atom stereocenters. The monoisotopic (exact) mass is 876 g/mol. The third kappa shape index (κ3) is 12.9. The van der Waals surface area contributed by atoms with E-state index in [1.54, 1.807) is 74.8 Å². The minimum Gasteiger partial charge on any atom is -0.490 e. The van der Waals surface area contributed by atoms with Crippen LogP contribution in [0.2, 0.25) is 0 Å². The van der Waals surface area contributed by atoms with Crippen molar-refractivity contribution in [3.8, 4) is 11.5 Å². The maximum atomic E-state index is 13.4. The summed E-state index contributed by atoms with van der Waals surface area (Å²) in [5, 5.41) is 6.17. The van der Waals surface area contributed by atoms with Crippen molar-refractivity contribution in [2.45, 2.75) is 104 Å². The van der Waals surface area contributed by atoms with Crippen LogP contribution in [0.1, 0.15) is 111 Å². The van der Waals surface area contributed by atoms with Crippen molar-refractivity contribution in [3.63, 3.8) is 0 Å². The molecule has 0 saturated carbocycles. The van der Waals surface area contributed by atoms with Gasteiger partial charge in [0.2, 0.25) is 11.8 Å². The molecular formula is C52H62F2N4O6. The lowest BCUT2D eigenvalue weighted by Crippen LogP contribution is -2.51. The molecule has 0 aromatic heterocycles. The molecule has 4 amide bonds. The highest BCUT2D eigenvalue weighted by Crippen LogP contribution is 2.28. The maximum absolute atomic E-state index is 13.4. The van der Waals surface area contributed by atoms with Crippen LogP contribution in [0.15, 0.2) is 121 Å². The van der Waals surface area contributed by atoms with Gasteiger partial charge in [-0.2, -0.15) is 0 Å². The Morgan fingerprint density at radius 3 is 1.19 bits per heavy atom. The number of carbonyl (C=O) groups is 4. The second-order valence-corrected chi connectivity index (χ2v) is 17.2. The summed E-state index contributed by atoms with van der Waals surface area (Å²) < 4.78 is 39.0. The van der Waals surface area contributed by atoms with Crippen molar-refractivity contribution in [3.05, 3.63) is 155 Å². The summed E-state index contributed by atoms with van der Waals surface area (Å²) in [4.78, 5) is 56.4. The number of nitrogens with one attached hydrogen (secondary N) is 2. The molecule has 0 bridgehead atoms. The lowest BCUT2D eigenvalue weighted by Gasteiger charge is -2.32. The highest BCUT2D eigenvalue weighted by molar-refractivity contribution is 6.00. The van der Waals surface area contributed by atoms with Crippen molar-refractivity contribution >= 4 is 23.6 Å². The van der Waals surface area contributed by atoms with E-state index in [1.807, 2.05) is 78.0 Å². The van der Waals surface area contributed by atoms with Gasteiger partial charge in [0, 0.05) is 26.9 Å². The predicted molar refractivity (Wildman–Crippen MR) is 246 cm³/mol. The molecule has 0 radical (unpaired) electrons. The fourth-order valence-corrected chi connectivity index (χ4v) is 8.01. The van der Waals surface area contributed by atoms with E-state index in [9.17, 15) is 28.0 Å². The first-order valence-electron chi connectivity index (χ1n) is 22.0. The molecular weight excluding hydrogens is 815 g/mol. The van der Waals surface area contributed by atoms with E-state index in [0.29, 0.717) is 48.3 Å². The average molecular weight is 877 g/mol. The zero-order valence-electron chi connectivity index (χ0n) is 38.1. The van der Waals surface area contributed by atoms with E-state index in [0.717, 1.165) is 11.1 Å². The van der Waals surface area contributed by atoms with Crippen LogP contribution in [-0.4, -0.2) is 71.8 Å². The molecule has 64 heavy (non-hydrogen) atoms. The number of amides is 4. The molecule has 2 aliphatic rings. The number of para-hydroxylation sites is 2. The topological polar surface area (TPSA) is 117 Å². The number of fused-ring (bicyclic) bond motifs is 2. The number of carbonyl (C=O) groups excluding carboxylic acids is 4. The third-order valence-electron chi connectivity index (χ3n) is 11.4. The van der Waals surface area contributed by atoms with Gasteiger partial charge in [-0.1, -0.05) is 101 Å². The molecule has 0 fully saturated rings. The van der Waals surface area contributed by atoms with Crippen molar-refractivity contribution in [1.82, 2.24) is 20.4 Å². The Kier molecular flexibility index (Phi) is 17.4. The Balaban J connectivity index is 0.000000241. The largest absolute Gasteiger partial charge is 0.490 e. The Labute approximate surface area is 376 Å². The fourth-order valence-electron chi connectivity index (χ4n) is 8.01. The lowest BCUT2D eigenvalue weighted by atomic mass is 9.98. The molecule has 6 atom stereocenters. The molecule has 0 spiro atoms. The van der Waals surface area contributed by atoms with E-state index < -0.39 is 12.1 Å². The van der Waals surface area contributed by atoms with E-state index in [2.05, 4.69) is 10.6 Å². The number of ether oxygens (including phenoxy) is 2. The van der Waals surface area contributed by atoms with Gasteiger partial charge in [-0.05, 0) is 98.2 Å². The standard InChI is InChI=1S/2C26H31FN2O3/c2*1-17(2)24-25(30)28-22(19-13-15-20(27)16-14-19)11-7-5-9-18(3)32-23-12-8-6-10-21(23)26(31)29(24)4/h2*5-8,10,12-18,22,24H,9,11H2,1-4H3,(H,28,30)/b7-5+;7-5-/t2*18-,22-,24+/m00/s1. The van der Waals surface area contributed by atoms with Gasteiger partial charge in [0.25, 0.3) is 11.8 Å². The smallest absolute Gasteiger partial charge is 0.258 e. The quantitative estimate of drug-likeness (QED) is 0.197. The van der Waals surface area contributed by atoms with Crippen LogP contribution < -0.4 is 20.1 Å². The number of halogens is 2. The number of likely N-dealkylation sites (N-methyl/N-ethyl adjacent to an activating group) is 2. The minimum absolute atomic E-state index is 0.117. The van der Waals surface area contributed by atoms with Crippen LogP contribution in [0.4, 0.5) is 8.78 Å². The first-order valence-corrected chi connectivity index (χ1v) is 22.0. The summed E-state index contributed by atoms with van der Waals surface area (Å²) in [6, 6.07) is 24.5. The van der Waals surface area contributed by atoms with Crippen molar-refractivity contribution in [1.29, 1.82) is 0 Å². The molecule has 2 aliphatic heterocycles. The van der Waals surface area contributed by atoms with Gasteiger partial charge in [0.05, 0.1) is 35.4 Å². The summed E-state index contributed by atoms with van der Waals surface area (Å²) in [5.74, 6) is -0.909. The van der Waals surface area contributed by atoms with E-state index in [4.69, 9.17) is 9.47 Å². The van der Waals surface area contributed by atoms with Crippen molar-refractivity contribution < 1.29 is 37.4 Å². The number of hydrogen-bond acceptors (Lipinski definition) is 6. The molecule has 2 N–H and O–H groups in total. The Hall–Kier alpha value is -6.30. The summed E-state index contributed by atoms with van der Waals surface area (Å²) in [7, 11) is 3.29. The average Bonchev–Trinajstić information content (AvgIpc) is 3.25. The third-order valence-corrected chi connectivity index (χ3v) is 11.4. The highest BCUT2D eigenvalue weighted by Gasteiger charge is 2.34. The Morgan fingerprint density at radius 2 is 0.844 bits per heavy atom. The molecule has 0 saturated heterocycles. The van der Waals surface area contributed by atoms with Gasteiger partial charge in [-0.25, -0.2) is 8.78 Å².